The van der Waals surface area contributed by atoms with Gasteiger partial charge in [0, 0.05) is 32.4 Å². The summed E-state index contributed by atoms with van der Waals surface area (Å²) in [7, 11) is 0. The molecule has 1 aliphatic heterocycles. The molecule has 0 unspecified atom stereocenters. The normalized spacial score (nSPS) is 15.4. The standard InChI is InChI=1S/C20H23F3N4O3/c1-19(2,3)30-18(29)27-10-8-26(9-11-27)13-14(12-24)17(28)25-16-7-5-4-6-15(16)20(21,22)23/h4-7,13H,8-11H2,1-3H3,(H,25,28)/b14-13-. The fourth-order valence-electron chi connectivity index (χ4n) is 2.71. The molecule has 2 amide bonds. The van der Waals surface area contributed by atoms with Gasteiger partial charge in [0.25, 0.3) is 5.91 Å². The van der Waals surface area contributed by atoms with Gasteiger partial charge in [0.1, 0.15) is 17.2 Å². The van der Waals surface area contributed by atoms with Gasteiger partial charge in [-0.2, -0.15) is 18.4 Å². The van der Waals surface area contributed by atoms with Crippen LogP contribution in [0.1, 0.15) is 26.3 Å². The van der Waals surface area contributed by atoms with Crippen LogP contribution < -0.4 is 5.32 Å². The van der Waals surface area contributed by atoms with Crippen molar-refractivity contribution in [1.82, 2.24) is 9.80 Å². The zero-order chi connectivity index (χ0) is 22.5. The molecule has 0 aromatic heterocycles. The summed E-state index contributed by atoms with van der Waals surface area (Å²) in [4.78, 5) is 27.6. The van der Waals surface area contributed by atoms with Gasteiger partial charge < -0.3 is 19.9 Å². The third-order valence-corrected chi connectivity index (χ3v) is 4.12. The highest BCUT2D eigenvalue weighted by Gasteiger charge is 2.34. The highest BCUT2D eigenvalue weighted by Crippen LogP contribution is 2.34. The van der Waals surface area contributed by atoms with E-state index in [0.29, 0.717) is 26.2 Å². The van der Waals surface area contributed by atoms with Crippen LogP contribution in [-0.4, -0.2) is 53.6 Å². The van der Waals surface area contributed by atoms with Gasteiger partial charge in [0.2, 0.25) is 0 Å². The molecular weight excluding hydrogens is 401 g/mol. The summed E-state index contributed by atoms with van der Waals surface area (Å²) < 4.78 is 44.5. The van der Waals surface area contributed by atoms with Crippen LogP contribution >= 0.6 is 0 Å². The number of nitriles is 1. The monoisotopic (exact) mass is 424 g/mol. The molecule has 1 aromatic rings. The van der Waals surface area contributed by atoms with Gasteiger partial charge in [-0.15, -0.1) is 0 Å². The number of halogens is 3. The van der Waals surface area contributed by atoms with Crippen molar-refractivity contribution in [3.05, 3.63) is 41.6 Å². The van der Waals surface area contributed by atoms with Gasteiger partial charge in [0.15, 0.2) is 0 Å². The number of anilines is 1. The molecule has 162 valence electrons. The Morgan fingerprint density at radius 1 is 1.13 bits per heavy atom. The Kier molecular flexibility index (Phi) is 6.97. The largest absolute Gasteiger partial charge is 0.444 e. The van der Waals surface area contributed by atoms with E-state index >= 15 is 0 Å². The molecule has 2 rings (SSSR count). The van der Waals surface area contributed by atoms with Crippen LogP contribution in [0.15, 0.2) is 36.0 Å². The Morgan fingerprint density at radius 2 is 1.73 bits per heavy atom. The van der Waals surface area contributed by atoms with E-state index in [0.717, 1.165) is 12.1 Å². The zero-order valence-corrected chi connectivity index (χ0v) is 16.9. The topological polar surface area (TPSA) is 85.7 Å². The van der Waals surface area contributed by atoms with Crippen molar-refractivity contribution < 1.29 is 27.5 Å². The first-order valence-electron chi connectivity index (χ1n) is 9.22. The Hall–Kier alpha value is -3.22. The minimum Gasteiger partial charge on any atom is -0.444 e. The van der Waals surface area contributed by atoms with Crippen molar-refractivity contribution in [3.8, 4) is 6.07 Å². The molecule has 0 radical (unpaired) electrons. The van der Waals surface area contributed by atoms with E-state index in [1.54, 1.807) is 31.7 Å². The number of piperazine rings is 1. The molecule has 0 atom stereocenters. The van der Waals surface area contributed by atoms with E-state index in [4.69, 9.17) is 4.74 Å². The minimum absolute atomic E-state index is 0.322. The average molecular weight is 424 g/mol. The molecular formula is C20H23F3N4O3. The van der Waals surface area contributed by atoms with Crippen LogP contribution in [0.3, 0.4) is 0 Å². The molecule has 30 heavy (non-hydrogen) atoms. The zero-order valence-electron chi connectivity index (χ0n) is 16.9. The molecule has 0 spiro atoms. The first kappa shape index (κ1) is 23.1. The van der Waals surface area contributed by atoms with Gasteiger partial charge in [-0.1, -0.05) is 12.1 Å². The maximum Gasteiger partial charge on any atom is 0.418 e. The van der Waals surface area contributed by atoms with Gasteiger partial charge in [-0.05, 0) is 32.9 Å². The summed E-state index contributed by atoms with van der Waals surface area (Å²) in [6.07, 6.45) is -3.80. The van der Waals surface area contributed by atoms with E-state index in [1.807, 2.05) is 0 Å². The van der Waals surface area contributed by atoms with Crippen LogP contribution in [0.4, 0.5) is 23.7 Å². The Labute approximate surface area is 172 Å². The lowest BCUT2D eigenvalue weighted by molar-refractivity contribution is -0.137. The summed E-state index contributed by atoms with van der Waals surface area (Å²) in [5.74, 6) is -0.941. The van der Waals surface area contributed by atoms with Gasteiger partial charge >= 0.3 is 12.3 Å². The van der Waals surface area contributed by atoms with Gasteiger partial charge in [-0.3, -0.25) is 4.79 Å². The molecule has 1 saturated heterocycles. The first-order chi connectivity index (χ1) is 13.9. The number of carbonyl (C=O) groups excluding carboxylic acids is 2. The highest BCUT2D eigenvalue weighted by molar-refractivity contribution is 6.06. The third kappa shape index (κ3) is 6.40. The molecule has 1 aromatic carbocycles. The highest BCUT2D eigenvalue weighted by atomic mass is 19.4. The lowest BCUT2D eigenvalue weighted by Gasteiger charge is -2.35. The van der Waals surface area contributed by atoms with Crippen molar-refractivity contribution in [1.29, 1.82) is 5.26 Å². The van der Waals surface area contributed by atoms with E-state index in [1.165, 1.54) is 23.2 Å². The van der Waals surface area contributed by atoms with Crippen molar-refractivity contribution in [2.24, 2.45) is 0 Å². The Balaban J connectivity index is 2.03. The Bertz CT molecular complexity index is 861. The number of alkyl halides is 3. The summed E-state index contributed by atoms with van der Waals surface area (Å²) in [6.45, 7) is 6.62. The molecule has 1 heterocycles. The van der Waals surface area contributed by atoms with Gasteiger partial charge in [-0.25, -0.2) is 4.79 Å². The summed E-state index contributed by atoms with van der Waals surface area (Å²) in [5, 5.41) is 11.4. The molecule has 1 aliphatic rings. The van der Waals surface area contributed by atoms with Crippen LogP contribution in [0.5, 0.6) is 0 Å². The summed E-state index contributed by atoms with van der Waals surface area (Å²) in [5.41, 5.74) is -2.38. The number of benzene rings is 1. The van der Waals surface area contributed by atoms with E-state index in [9.17, 15) is 28.0 Å². The molecule has 0 bridgehead atoms. The number of nitrogens with one attached hydrogen (secondary N) is 1. The van der Waals surface area contributed by atoms with Crippen molar-refractivity contribution in [2.45, 2.75) is 32.5 Å². The SMILES string of the molecule is CC(C)(C)OC(=O)N1CCN(/C=C(/C#N)C(=O)Nc2ccccc2C(F)(F)F)CC1. The molecule has 0 aliphatic carbocycles. The van der Waals surface area contributed by atoms with Crippen molar-refractivity contribution in [2.75, 3.05) is 31.5 Å². The quantitative estimate of drug-likeness (QED) is 0.592. The van der Waals surface area contributed by atoms with Crippen LogP contribution in [0.2, 0.25) is 0 Å². The molecule has 0 saturated carbocycles. The third-order valence-electron chi connectivity index (χ3n) is 4.12. The van der Waals surface area contributed by atoms with Crippen LogP contribution in [0.25, 0.3) is 0 Å². The minimum atomic E-state index is -4.64. The molecule has 10 heteroatoms. The van der Waals surface area contributed by atoms with E-state index in [2.05, 4.69) is 5.32 Å². The predicted octanol–water partition coefficient (Wildman–Crippen LogP) is 3.60. The molecule has 1 N–H and O–H groups in total. The van der Waals surface area contributed by atoms with E-state index in [-0.39, 0.29) is 5.57 Å². The first-order valence-corrected chi connectivity index (χ1v) is 9.22. The molecule has 7 nitrogen and oxygen atoms in total. The second-order valence-electron chi connectivity index (χ2n) is 7.66. The number of rotatable bonds is 3. The molecule has 1 fully saturated rings. The van der Waals surface area contributed by atoms with Crippen LogP contribution in [-0.2, 0) is 15.7 Å². The number of amides is 2. The van der Waals surface area contributed by atoms with E-state index < -0.39 is 35.0 Å². The van der Waals surface area contributed by atoms with Crippen LogP contribution in [0, 0.1) is 11.3 Å². The fourth-order valence-corrected chi connectivity index (χ4v) is 2.71. The number of hydrogen-bond donors (Lipinski definition) is 1. The second-order valence-corrected chi connectivity index (χ2v) is 7.66. The van der Waals surface area contributed by atoms with Crippen molar-refractivity contribution >= 4 is 17.7 Å². The lowest BCUT2D eigenvalue weighted by Crippen LogP contribution is -2.48. The fraction of sp³-hybridized carbons (Fsp3) is 0.450. The summed E-state index contributed by atoms with van der Waals surface area (Å²) >= 11 is 0. The number of nitrogens with zero attached hydrogens (tertiary/aromatic N) is 3. The smallest absolute Gasteiger partial charge is 0.418 e. The number of para-hydroxylation sites is 1. The maximum absolute atomic E-state index is 13.1. The average Bonchev–Trinajstić information content (AvgIpc) is 2.64. The number of carbonyl (C=O) groups is 2. The van der Waals surface area contributed by atoms with Crippen molar-refractivity contribution in [3.63, 3.8) is 0 Å². The second kappa shape index (κ2) is 9.07. The summed E-state index contributed by atoms with van der Waals surface area (Å²) in [6, 6.07) is 6.25. The number of hydrogen-bond acceptors (Lipinski definition) is 5. The lowest BCUT2D eigenvalue weighted by atomic mass is 10.1. The van der Waals surface area contributed by atoms with Gasteiger partial charge in [0.05, 0.1) is 11.3 Å². The maximum atomic E-state index is 13.1. The number of ether oxygens (including phenoxy) is 1. The predicted molar refractivity (Wildman–Crippen MR) is 103 cm³/mol. The Morgan fingerprint density at radius 3 is 2.27 bits per heavy atom.